The summed E-state index contributed by atoms with van der Waals surface area (Å²) in [7, 11) is 5.68. The lowest BCUT2D eigenvalue weighted by molar-refractivity contribution is -0.302. The van der Waals surface area contributed by atoms with E-state index in [1.807, 2.05) is 12.1 Å². The van der Waals surface area contributed by atoms with Crippen molar-refractivity contribution in [3.63, 3.8) is 0 Å². The third-order valence-electron chi connectivity index (χ3n) is 9.44. The van der Waals surface area contributed by atoms with Gasteiger partial charge >= 0.3 is 0 Å². The predicted molar refractivity (Wildman–Crippen MR) is 185 cm³/mol. The molecule has 1 fully saturated rings. The molecule has 3 aromatic carbocycles. The average Bonchev–Trinajstić information content (AvgIpc) is 3.55. The van der Waals surface area contributed by atoms with Crippen molar-refractivity contribution in [2.24, 2.45) is 0 Å². The van der Waals surface area contributed by atoms with Crippen molar-refractivity contribution in [2.45, 2.75) is 67.8 Å². The number of aliphatic hydroxyl groups is 7. The van der Waals surface area contributed by atoms with Gasteiger partial charge in [-0.3, -0.25) is 0 Å². The van der Waals surface area contributed by atoms with E-state index in [0.29, 0.717) is 41.0 Å². The molecule has 0 aromatic heterocycles. The number of rotatable bonds is 17. The molecule has 2 aliphatic heterocycles. The molecule has 0 unspecified atom stereocenters. The highest BCUT2D eigenvalue weighted by atomic mass is 16.7. The smallest absolute Gasteiger partial charge is 0.204 e. The van der Waals surface area contributed by atoms with Gasteiger partial charge in [-0.25, -0.2) is 0 Å². The zero-order chi connectivity index (χ0) is 38.4. The summed E-state index contributed by atoms with van der Waals surface area (Å²) in [6.07, 6.45) is -9.78. The number of hydrogen-bond acceptors (Lipinski definition) is 16. The number of aliphatic hydroxyl groups excluding tert-OH is 7. The first kappa shape index (κ1) is 40.1. The number of phenols is 1. The van der Waals surface area contributed by atoms with E-state index in [1.54, 1.807) is 12.1 Å². The van der Waals surface area contributed by atoms with Crippen molar-refractivity contribution in [3.8, 4) is 40.2 Å². The summed E-state index contributed by atoms with van der Waals surface area (Å²) in [4.78, 5) is 0. The van der Waals surface area contributed by atoms with Crippen LogP contribution in [-0.4, -0.2) is 133 Å². The molecule has 0 amide bonds. The van der Waals surface area contributed by atoms with E-state index in [4.69, 9.17) is 37.9 Å². The van der Waals surface area contributed by atoms with Gasteiger partial charge in [0, 0.05) is 17.7 Å². The first-order valence-corrected chi connectivity index (χ1v) is 17.0. The number of ether oxygens (including phenoxy) is 8. The molecule has 16 nitrogen and oxygen atoms in total. The van der Waals surface area contributed by atoms with Crippen LogP contribution in [-0.2, 0) is 15.9 Å². The Morgan fingerprint density at radius 1 is 0.792 bits per heavy atom. The van der Waals surface area contributed by atoms with E-state index in [-0.39, 0.29) is 42.0 Å². The second-order valence-electron chi connectivity index (χ2n) is 12.7. The van der Waals surface area contributed by atoms with Crippen LogP contribution in [0.3, 0.4) is 0 Å². The van der Waals surface area contributed by atoms with Gasteiger partial charge in [-0.05, 0) is 54.3 Å². The fraction of sp³-hybridized carbons (Fsp3) is 0.514. The molecule has 16 heteroatoms. The van der Waals surface area contributed by atoms with Gasteiger partial charge in [0.15, 0.2) is 46.9 Å². The molecule has 3 aromatic rings. The summed E-state index contributed by atoms with van der Waals surface area (Å²) in [5.41, 5.74) is 2.36. The Balaban J connectivity index is 1.51. The van der Waals surface area contributed by atoms with Crippen LogP contribution < -0.4 is 28.4 Å². The maximum absolute atomic E-state index is 11.2. The summed E-state index contributed by atoms with van der Waals surface area (Å²) in [5.74, 6) is 0.621. The van der Waals surface area contributed by atoms with Crippen LogP contribution in [0.15, 0.2) is 42.5 Å². The standard InChI is InChI=1S/C37H48O16/c1-46-24-12-19(7-8-23(24)41)30(42)28(15-39)51-36-26(48-3)13-20(14-27(36)49-4)34-22(17-50-37-33(45)32(44)31(43)29(16-40)52-37)21-10-18(6-5-9-38)11-25(47-2)35(21)53-34/h7-8,10-14,22,28-34,37-45H,5-6,9,15-17H2,1-4H3/t22-,28+,29+,30-,31+,32-,33+,34+,37+/m0/s1. The normalized spacial score (nSPS) is 24.8. The van der Waals surface area contributed by atoms with E-state index in [9.17, 15) is 40.9 Å². The van der Waals surface area contributed by atoms with Gasteiger partial charge in [-0.2, -0.15) is 0 Å². The maximum atomic E-state index is 11.2. The van der Waals surface area contributed by atoms with Crippen LogP contribution in [0.4, 0.5) is 0 Å². The molecule has 0 saturated carbocycles. The summed E-state index contributed by atoms with van der Waals surface area (Å²) in [6, 6.07) is 11.2. The quantitative estimate of drug-likeness (QED) is 0.0956. The fourth-order valence-electron chi connectivity index (χ4n) is 6.54. The van der Waals surface area contributed by atoms with E-state index < -0.39 is 68.1 Å². The Morgan fingerprint density at radius 2 is 1.47 bits per heavy atom. The Bertz CT molecular complexity index is 1640. The van der Waals surface area contributed by atoms with Crippen LogP contribution in [0.5, 0.6) is 40.2 Å². The molecule has 0 aliphatic carbocycles. The van der Waals surface area contributed by atoms with Gasteiger partial charge < -0.3 is 78.7 Å². The molecule has 0 radical (unpaired) electrons. The summed E-state index contributed by atoms with van der Waals surface area (Å²) in [6.45, 7) is -1.41. The third kappa shape index (κ3) is 8.36. The summed E-state index contributed by atoms with van der Waals surface area (Å²) < 4.78 is 46.6. The van der Waals surface area contributed by atoms with Gasteiger partial charge in [0.1, 0.15) is 36.6 Å². The molecule has 2 heterocycles. The maximum Gasteiger partial charge on any atom is 0.204 e. The third-order valence-corrected chi connectivity index (χ3v) is 9.44. The SMILES string of the molecule is COc1cc([C@H](O)[C@@H](CO)Oc2c(OC)cc([C@H]3Oc4c(OC)cc(CCCO)cc4[C@@H]3CO[C@@H]3O[C@H](CO)[C@@H](O)[C@H](O)[C@H]3O)cc2OC)ccc1O. The Kier molecular flexibility index (Phi) is 13.5. The molecule has 5 rings (SSSR count). The van der Waals surface area contributed by atoms with Gasteiger partial charge in [-0.15, -0.1) is 0 Å². The number of phenolic OH excluding ortho intramolecular Hbond substituents is 1. The minimum Gasteiger partial charge on any atom is -0.504 e. The van der Waals surface area contributed by atoms with E-state index in [0.717, 1.165) is 5.56 Å². The highest BCUT2D eigenvalue weighted by Crippen LogP contribution is 2.53. The second-order valence-corrected chi connectivity index (χ2v) is 12.7. The van der Waals surface area contributed by atoms with Crippen LogP contribution in [0.1, 0.15) is 46.8 Å². The Labute approximate surface area is 306 Å². The minimum atomic E-state index is -1.64. The first-order valence-electron chi connectivity index (χ1n) is 17.0. The lowest BCUT2D eigenvalue weighted by Gasteiger charge is -2.40. The number of aryl methyl sites for hydroxylation is 1. The van der Waals surface area contributed by atoms with Crippen molar-refractivity contribution in [3.05, 3.63) is 64.7 Å². The predicted octanol–water partition coefficient (Wildman–Crippen LogP) is 0.859. The van der Waals surface area contributed by atoms with Crippen LogP contribution in [0, 0.1) is 0 Å². The molecule has 8 N–H and O–H groups in total. The topological polar surface area (TPSA) is 236 Å². The molecule has 0 spiro atoms. The van der Waals surface area contributed by atoms with Crippen molar-refractivity contribution in [1.82, 2.24) is 0 Å². The van der Waals surface area contributed by atoms with Crippen molar-refractivity contribution in [1.29, 1.82) is 0 Å². The molecular formula is C37H48O16. The molecule has 0 bridgehead atoms. The fourth-order valence-corrected chi connectivity index (χ4v) is 6.54. The van der Waals surface area contributed by atoms with E-state index in [1.165, 1.54) is 46.6 Å². The van der Waals surface area contributed by atoms with E-state index >= 15 is 0 Å². The molecule has 2 aliphatic rings. The van der Waals surface area contributed by atoms with Gasteiger partial charge in [0.05, 0.1) is 54.2 Å². The number of benzene rings is 3. The van der Waals surface area contributed by atoms with Crippen molar-refractivity contribution < 1.29 is 78.7 Å². The largest absolute Gasteiger partial charge is 0.504 e. The molecular weight excluding hydrogens is 700 g/mol. The zero-order valence-corrected chi connectivity index (χ0v) is 29.8. The second kappa shape index (κ2) is 17.8. The number of hydrogen-bond donors (Lipinski definition) is 8. The van der Waals surface area contributed by atoms with Gasteiger partial charge in [0.25, 0.3) is 0 Å². The molecule has 53 heavy (non-hydrogen) atoms. The lowest BCUT2D eigenvalue weighted by atomic mass is 9.89. The Morgan fingerprint density at radius 3 is 2.08 bits per heavy atom. The van der Waals surface area contributed by atoms with Crippen LogP contribution >= 0.6 is 0 Å². The number of fused-ring (bicyclic) bond motifs is 1. The minimum absolute atomic E-state index is 0.0204. The first-order chi connectivity index (χ1) is 25.5. The number of aromatic hydroxyl groups is 1. The lowest BCUT2D eigenvalue weighted by Crippen LogP contribution is -2.59. The molecule has 9 atom stereocenters. The average molecular weight is 749 g/mol. The zero-order valence-electron chi connectivity index (χ0n) is 29.8. The highest BCUT2D eigenvalue weighted by Gasteiger charge is 2.46. The summed E-state index contributed by atoms with van der Waals surface area (Å²) >= 11 is 0. The Hall–Kier alpha value is -4.10. The summed E-state index contributed by atoms with van der Waals surface area (Å²) in [5, 5.41) is 82.0. The van der Waals surface area contributed by atoms with Gasteiger partial charge in [-0.1, -0.05) is 12.1 Å². The molecule has 292 valence electrons. The van der Waals surface area contributed by atoms with Crippen LogP contribution in [0.25, 0.3) is 0 Å². The number of methoxy groups -OCH3 is 4. The highest BCUT2D eigenvalue weighted by molar-refractivity contribution is 5.59. The van der Waals surface area contributed by atoms with Crippen molar-refractivity contribution >= 4 is 0 Å². The van der Waals surface area contributed by atoms with Gasteiger partial charge in [0.2, 0.25) is 5.75 Å². The molecule has 1 saturated heterocycles. The van der Waals surface area contributed by atoms with Crippen molar-refractivity contribution in [2.75, 3.05) is 54.9 Å². The van der Waals surface area contributed by atoms with Crippen LogP contribution in [0.2, 0.25) is 0 Å². The van der Waals surface area contributed by atoms with E-state index in [2.05, 4.69) is 0 Å². The monoisotopic (exact) mass is 748 g/mol.